The fourth-order valence-electron chi connectivity index (χ4n) is 1.94. The van der Waals surface area contributed by atoms with Crippen molar-refractivity contribution in [3.05, 3.63) is 41.5 Å². The summed E-state index contributed by atoms with van der Waals surface area (Å²) in [4.78, 5) is 4.33. The van der Waals surface area contributed by atoms with E-state index in [4.69, 9.17) is 9.26 Å². The molecule has 20 heavy (non-hydrogen) atoms. The molecule has 1 N–H and O–H groups in total. The molecule has 0 radical (unpaired) electrons. The predicted octanol–water partition coefficient (Wildman–Crippen LogP) is 2.64. The van der Waals surface area contributed by atoms with Gasteiger partial charge in [-0.15, -0.1) is 0 Å². The summed E-state index contributed by atoms with van der Waals surface area (Å²) < 4.78 is 10.9. The summed E-state index contributed by atoms with van der Waals surface area (Å²) in [7, 11) is 0. The first-order valence-corrected chi connectivity index (χ1v) is 7.10. The van der Waals surface area contributed by atoms with Gasteiger partial charge in [0.05, 0.1) is 0 Å². The van der Waals surface area contributed by atoms with E-state index in [1.165, 1.54) is 5.56 Å². The third kappa shape index (κ3) is 3.36. The molecular weight excluding hydrogens is 254 g/mol. The number of nitrogens with one attached hydrogen (secondary N) is 1. The van der Waals surface area contributed by atoms with Gasteiger partial charge in [-0.3, -0.25) is 0 Å². The van der Waals surface area contributed by atoms with Crippen LogP contribution in [0, 0.1) is 0 Å². The van der Waals surface area contributed by atoms with Gasteiger partial charge in [0.1, 0.15) is 5.75 Å². The zero-order valence-corrected chi connectivity index (χ0v) is 11.6. The normalized spacial score (nSPS) is 14.4. The SMILES string of the molecule is CCNCc1ccc(OCc2noc(C3CC3)n2)cc1. The van der Waals surface area contributed by atoms with E-state index in [9.17, 15) is 0 Å². The van der Waals surface area contributed by atoms with Crippen LogP contribution in [0.4, 0.5) is 0 Å². The molecular formula is C15H19N3O2. The maximum absolute atomic E-state index is 5.66. The first kappa shape index (κ1) is 13.1. The molecule has 1 saturated carbocycles. The lowest BCUT2D eigenvalue weighted by molar-refractivity contribution is 0.285. The topological polar surface area (TPSA) is 60.2 Å². The van der Waals surface area contributed by atoms with Crippen LogP contribution < -0.4 is 10.1 Å². The molecule has 0 atom stereocenters. The summed E-state index contributed by atoms with van der Waals surface area (Å²) in [6, 6.07) is 8.05. The van der Waals surface area contributed by atoms with Crippen LogP contribution in [-0.2, 0) is 13.2 Å². The minimum atomic E-state index is 0.350. The highest BCUT2D eigenvalue weighted by atomic mass is 16.5. The zero-order chi connectivity index (χ0) is 13.8. The van der Waals surface area contributed by atoms with Gasteiger partial charge in [0.25, 0.3) is 0 Å². The lowest BCUT2D eigenvalue weighted by Crippen LogP contribution is -2.11. The molecule has 1 heterocycles. The lowest BCUT2D eigenvalue weighted by atomic mass is 10.2. The van der Waals surface area contributed by atoms with Crippen LogP contribution in [0.2, 0.25) is 0 Å². The van der Waals surface area contributed by atoms with Gasteiger partial charge in [0.2, 0.25) is 11.7 Å². The van der Waals surface area contributed by atoms with Crippen LogP contribution in [0.3, 0.4) is 0 Å². The van der Waals surface area contributed by atoms with Gasteiger partial charge in [-0.1, -0.05) is 24.2 Å². The summed E-state index contributed by atoms with van der Waals surface area (Å²) >= 11 is 0. The maximum Gasteiger partial charge on any atom is 0.229 e. The molecule has 5 heteroatoms. The molecule has 3 rings (SSSR count). The summed E-state index contributed by atoms with van der Waals surface area (Å²) in [5.41, 5.74) is 1.25. The summed E-state index contributed by atoms with van der Waals surface area (Å²) in [6.45, 7) is 4.30. The van der Waals surface area contributed by atoms with E-state index in [2.05, 4.69) is 34.5 Å². The molecule has 0 unspecified atom stereocenters. The van der Waals surface area contributed by atoms with Crippen molar-refractivity contribution < 1.29 is 9.26 Å². The van der Waals surface area contributed by atoms with E-state index in [-0.39, 0.29) is 0 Å². The Morgan fingerprint density at radius 3 is 2.80 bits per heavy atom. The summed E-state index contributed by atoms with van der Waals surface area (Å²) in [5, 5.41) is 7.22. The second-order valence-corrected chi connectivity index (χ2v) is 5.04. The molecule has 0 bridgehead atoms. The first-order chi connectivity index (χ1) is 9.85. The van der Waals surface area contributed by atoms with Crippen molar-refractivity contribution in [3.8, 4) is 5.75 Å². The van der Waals surface area contributed by atoms with Crippen LogP contribution in [0.25, 0.3) is 0 Å². The first-order valence-electron chi connectivity index (χ1n) is 7.10. The Bertz CT molecular complexity index is 547. The Balaban J connectivity index is 1.51. The van der Waals surface area contributed by atoms with Crippen molar-refractivity contribution in [2.45, 2.75) is 38.8 Å². The van der Waals surface area contributed by atoms with Crippen molar-refractivity contribution in [3.63, 3.8) is 0 Å². The minimum Gasteiger partial charge on any atom is -0.485 e. The van der Waals surface area contributed by atoms with Crippen molar-refractivity contribution in [1.82, 2.24) is 15.5 Å². The van der Waals surface area contributed by atoms with E-state index in [0.29, 0.717) is 18.3 Å². The van der Waals surface area contributed by atoms with Crippen molar-refractivity contribution >= 4 is 0 Å². The molecule has 0 aliphatic heterocycles. The largest absolute Gasteiger partial charge is 0.485 e. The van der Waals surface area contributed by atoms with Crippen LogP contribution in [0.1, 0.15) is 43.0 Å². The Hall–Kier alpha value is -1.88. The number of benzene rings is 1. The van der Waals surface area contributed by atoms with Gasteiger partial charge >= 0.3 is 0 Å². The summed E-state index contributed by atoms with van der Waals surface area (Å²) in [6.07, 6.45) is 2.32. The Morgan fingerprint density at radius 1 is 1.30 bits per heavy atom. The molecule has 106 valence electrons. The number of hydrogen-bond donors (Lipinski definition) is 1. The van der Waals surface area contributed by atoms with Gasteiger partial charge in [-0.05, 0) is 37.1 Å². The molecule has 1 aliphatic carbocycles. The Morgan fingerprint density at radius 2 is 2.10 bits per heavy atom. The van der Waals surface area contributed by atoms with E-state index < -0.39 is 0 Å². The molecule has 1 aromatic heterocycles. The van der Waals surface area contributed by atoms with E-state index in [0.717, 1.165) is 37.6 Å². The van der Waals surface area contributed by atoms with E-state index in [1.54, 1.807) is 0 Å². The number of ether oxygens (including phenoxy) is 1. The number of nitrogens with zero attached hydrogens (tertiary/aromatic N) is 2. The monoisotopic (exact) mass is 273 g/mol. The number of aromatic nitrogens is 2. The van der Waals surface area contributed by atoms with Crippen LogP contribution >= 0.6 is 0 Å². The van der Waals surface area contributed by atoms with E-state index in [1.807, 2.05) is 12.1 Å². The molecule has 1 fully saturated rings. The summed E-state index contributed by atoms with van der Waals surface area (Å²) in [5.74, 6) is 2.68. The van der Waals surface area contributed by atoms with Crippen LogP contribution in [0.5, 0.6) is 5.75 Å². The quantitative estimate of drug-likeness (QED) is 0.840. The lowest BCUT2D eigenvalue weighted by Gasteiger charge is -2.05. The molecule has 2 aromatic rings. The average Bonchev–Trinajstić information content (AvgIpc) is 3.23. The fourth-order valence-corrected chi connectivity index (χ4v) is 1.94. The highest BCUT2D eigenvalue weighted by Crippen LogP contribution is 2.38. The van der Waals surface area contributed by atoms with Gasteiger partial charge < -0.3 is 14.6 Å². The zero-order valence-electron chi connectivity index (χ0n) is 11.6. The van der Waals surface area contributed by atoms with Gasteiger partial charge in [-0.25, -0.2) is 0 Å². The average molecular weight is 273 g/mol. The Labute approximate surface area is 118 Å². The predicted molar refractivity (Wildman–Crippen MR) is 74.4 cm³/mol. The van der Waals surface area contributed by atoms with Crippen molar-refractivity contribution in [2.75, 3.05) is 6.54 Å². The maximum atomic E-state index is 5.66. The second kappa shape index (κ2) is 6.05. The van der Waals surface area contributed by atoms with Gasteiger partial charge in [-0.2, -0.15) is 4.98 Å². The number of hydrogen-bond acceptors (Lipinski definition) is 5. The minimum absolute atomic E-state index is 0.350. The van der Waals surface area contributed by atoms with Gasteiger partial charge in [0.15, 0.2) is 6.61 Å². The third-order valence-corrected chi connectivity index (χ3v) is 3.28. The van der Waals surface area contributed by atoms with Crippen molar-refractivity contribution in [1.29, 1.82) is 0 Å². The standard InChI is InChI=1S/C15H19N3O2/c1-2-16-9-11-3-7-13(8-4-11)19-10-14-17-15(20-18-14)12-5-6-12/h3-4,7-8,12,16H,2,5-6,9-10H2,1H3. The second-order valence-electron chi connectivity index (χ2n) is 5.04. The fraction of sp³-hybridized carbons (Fsp3) is 0.467. The third-order valence-electron chi connectivity index (χ3n) is 3.28. The van der Waals surface area contributed by atoms with E-state index >= 15 is 0 Å². The smallest absolute Gasteiger partial charge is 0.229 e. The Kier molecular flexibility index (Phi) is 3.97. The molecule has 5 nitrogen and oxygen atoms in total. The highest BCUT2D eigenvalue weighted by molar-refractivity contribution is 5.27. The number of rotatable bonds is 7. The van der Waals surface area contributed by atoms with Crippen LogP contribution in [-0.4, -0.2) is 16.7 Å². The van der Waals surface area contributed by atoms with Gasteiger partial charge in [0, 0.05) is 12.5 Å². The molecule has 1 aliphatic rings. The highest BCUT2D eigenvalue weighted by Gasteiger charge is 2.29. The van der Waals surface area contributed by atoms with Crippen LogP contribution in [0.15, 0.2) is 28.8 Å². The molecule has 0 amide bonds. The molecule has 1 aromatic carbocycles. The molecule has 0 spiro atoms. The van der Waals surface area contributed by atoms with Crippen molar-refractivity contribution in [2.24, 2.45) is 0 Å². The molecule has 0 saturated heterocycles.